The molecule has 0 saturated carbocycles. The van der Waals surface area contributed by atoms with E-state index in [1.807, 2.05) is 22.9 Å². The van der Waals surface area contributed by atoms with Crippen molar-refractivity contribution in [3.63, 3.8) is 0 Å². The van der Waals surface area contributed by atoms with Gasteiger partial charge in [-0.2, -0.15) is 0 Å². The van der Waals surface area contributed by atoms with Crippen molar-refractivity contribution in [1.29, 1.82) is 0 Å². The van der Waals surface area contributed by atoms with Gasteiger partial charge in [-0.3, -0.25) is 9.69 Å². The molecule has 194 valence electrons. The zero-order chi connectivity index (χ0) is 25.8. The van der Waals surface area contributed by atoms with Gasteiger partial charge in [-0.1, -0.05) is 48.4 Å². The Bertz CT molecular complexity index is 1410. The Morgan fingerprint density at radius 3 is 2.81 bits per heavy atom. The van der Waals surface area contributed by atoms with Gasteiger partial charge in [-0.05, 0) is 79.1 Å². The first-order chi connectivity index (χ1) is 18.0. The van der Waals surface area contributed by atoms with Gasteiger partial charge in [0.25, 0.3) is 5.56 Å². The van der Waals surface area contributed by atoms with Crippen LogP contribution >= 0.6 is 0 Å². The molecule has 4 aromatic rings. The minimum absolute atomic E-state index is 0.0335. The van der Waals surface area contributed by atoms with Crippen LogP contribution in [-0.2, 0) is 24.2 Å². The van der Waals surface area contributed by atoms with Crippen molar-refractivity contribution >= 4 is 10.9 Å². The zero-order valence-electron chi connectivity index (χ0n) is 22.0. The number of hydrogen-bond acceptors (Lipinski definition) is 6. The maximum absolute atomic E-state index is 13.1. The molecule has 5 rings (SSSR count). The van der Waals surface area contributed by atoms with Gasteiger partial charge in [0.05, 0.1) is 18.7 Å². The number of nitrogens with one attached hydrogen (secondary N) is 1. The number of tetrazole rings is 1. The largest absolute Gasteiger partial charge is 0.376 e. The first-order valence-electron chi connectivity index (χ1n) is 13.3. The summed E-state index contributed by atoms with van der Waals surface area (Å²) in [5, 5.41) is 13.9. The number of hydrogen-bond donors (Lipinski definition) is 1. The summed E-state index contributed by atoms with van der Waals surface area (Å²) in [6.07, 6.45) is 3.94. The van der Waals surface area contributed by atoms with Crippen LogP contribution in [-0.4, -0.2) is 49.3 Å². The van der Waals surface area contributed by atoms with Crippen LogP contribution in [0.5, 0.6) is 0 Å². The average molecular weight is 501 g/mol. The number of fused-ring (bicyclic) bond motifs is 1. The van der Waals surface area contributed by atoms with E-state index in [0.29, 0.717) is 13.1 Å². The lowest BCUT2D eigenvalue weighted by Gasteiger charge is -2.30. The molecule has 1 saturated heterocycles. The molecule has 0 amide bonds. The molecule has 1 N–H and O–H groups in total. The number of aromatic nitrogens is 5. The van der Waals surface area contributed by atoms with E-state index in [2.05, 4.69) is 76.5 Å². The summed E-state index contributed by atoms with van der Waals surface area (Å²) in [4.78, 5) is 18.6. The lowest BCUT2D eigenvalue weighted by Crippen LogP contribution is -2.34. The number of benzene rings is 2. The van der Waals surface area contributed by atoms with Crippen molar-refractivity contribution in [3.8, 4) is 0 Å². The summed E-state index contributed by atoms with van der Waals surface area (Å²) >= 11 is 0. The van der Waals surface area contributed by atoms with Crippen LogP contribution in [0.15, 0.2) is 53.3 Å². The molecule has 1 aliphatic heterocycles. The number of nitrogens with zero attached hydrogens (tertiary/aromatic N) is 5. The highest BCUT2D eigenvalue weighted by molar-refractivity contribution is 5.79. The molecule has 2 atom stereocenters. The Kier molecular flexibility index (Phi) is 7.76. The Hall–Kier alpha value is -3.36. The molecule has 2 aromatic heterocycles. The molecule has 0 bridgehead atoms. The molecule has 1 aliphatic rings. The Labute approximate surface area is 217 Å². The Morgan fingerprint density at radius 2 is 2.03 bits per heavy atom. The van der Waals surface area contributed by atoms with E-state index in [9.17, 15) is 4.79 Å². The summed E-state index contributed by atoms with van der Waals surface area (Å²) < 4.78 is 7.76. The molecule has 0 spiro atoms. The fourth-order valence-electron chi connectivity index (χ4n) is 5.36. The van der Waals surface area contributed by atoms with Gasteiger partial charge in [0.1, 0.15) is 0 Å². The minimum atomic E-state index is -0.0503. The quantitative estimate of drug-likeness (QED) is 0.345. The smallest absolute Gasteiger partial charge is 0.252 e. The summed E-state index contributed by atoms with van der Waals surface area (Å²) in [6.45, 7) is 9.08. The monoisotopic (exact) mass is 500 g/mol. The maximum Gasteiger partial charge on any atom is 0.252 e. The van der Waals surface area contributed by atoms with Crippen LogP contribution in [0.25, 0.3) is 10.9 Å². The molecule has 1 fully saturated rings. The SMILES string of the molecule is CC[C@H](c1nnnn1C[C@@H]1CCCO1)N(CCc1cccc(C)c1)Cc1cc2cc(C)ccc2[nH]c1=O. The lowest BCUT2D eigenvalue weighted by molar-refractivity contribution is 0.0893. The van der Waals surface area contributed by atoms with Crippen molar-refractivity contribution < 1.29 is 4.74 Å². The fraction of sp³-hybridized carbons (Fsp3) is 0.448. The van der Waals surface area contributed by atoms with Gasteiger partial charge in [-0.25, -0.2) is 4.68 Å². The third-order valence-corrected chi connectivity index (χ3v) is 7.31. The predicted molar refractivity (Wildman–Crippen MR) is 144 cm³/mol. The van der Waals surface area contributed by atoms with Crippen molar-refractivity contribution in [3.05, 3.63) is 87.0 Å². The topological polar surface area (TPSA) is 88.9 Å². The summed E-state index contributed by atoms with van der Waals surface area (Å²) in [6, 6.07) is 16.7. The highest BCUT2D eigenvalue weighted by atomic mass is 16.5. The second-order valence-corrected chi connectivity index (χ2v) is 10.2. The van der Waals surface area contributed by atoms with Crippen LogP contribution in [0.2, 0.25) is 0 Å². The molecular weight excluding hydrogens is 464 g/mol. The normalized spacial score (nSPS) is 16.6. The van der Waals surface area contributed by atoms with Gasteiger partial charge in [0.15, 0.2) is 5.82 Å². The molecule has 3 heterocycles. The molecule has 37 heavy (non-hydrogen) atoms. The summed E-state index contributed by atoms with van der Waals surface area (Å²) in [7, 11) is 0. The van der Waals surface area contributed by atoms with Crippen molar-refractivity contribution in [1.82, 2.24) is 30.1 Å². The molecule has 0 radical (unpaired) electrons. The number of aromatic amines is 1. The number of ether oxygens (including phenoxy) is 1. The highest BCUT2D eigenvalue weighted by Crippen LogP contribution is 2.26. The Balaban J connectivity index is 1.46. The highest BCUT2D eigenvalue weighted by Gasteiger charge is 2.27. The van der Waals surface area contributed by atoms with Gasteiger partial charge in [-0.15, -0.1) is 5.10 Å². The fourth-order valence-corrected chi connectivity index (χ4v) is 5.36. The van der Waals surface area contributed by atoms with E-state index >= 15 is 0 Å². The predicted octanol–water partition coefficient (Wildman–Crippen LogP) is 4.51. The van der Waals surface area contributed by atoms with Gasteiger partial charge < -0.3 is 9.72 Å². The van der Waals surface area contributed by atoms with Gasteiger partial charge in [0.2, 0.25) is 0 Å². The molecule has 8 heteroatoms. The minimum Gasteiger partial charge on any atom is -0.376 e. The number of pyridine rings is 1. The van der Waals surface area contributed by atoms with E-state index in [4.69, 9.17) is 4.74 Å². The maximum atomic E-state index is 13.1. The van der Waals surface area contributed by atoms with Crippen LogP contribution in [0, 0.1) is 13.8 Å². The van der Waals surface area contributed by atoms with E-state index in [1.54, 1.807) is 0 Å². The van der Waals surface area contributed by atoms with Gasteiger partial charge >= 0.3 is 0 Å². The number of rotatable bonds is 10. The lowest BCUT2D eigenvalue weighted by atomic mass is 10.1. The zero-order valence-corrected chi connectivity index (χ0v) is 22.0. The van der Waals surface area contributed by atoms with E-state index in [1.165, 1.54) is 16.7 Å². The molecule has 2 aromatic carbocycles. The first kappa shape index (κ1) is 25.3. The van der Waals surface area contributed by atoms with Crippen molar-refractivity contribution in [2.75, 3.05) is 13.2 Å². The summed E-state index contributed by atoms with van der Waals surface area (Å²) in [5.41, 5.74) is 5.25. The van der Waals surface area contributed by atoms with E-state index in [0.717, 1.165) is 61.1 Å². The third kappa shape index (κ3) is 5.97. The summed E-state index contributed by atoms with van der Waals surface area (Å²) in [5.74, 6) is 0.829. The second kappa shape index (κ2) is 11.4. The number of H-pyrrole nitrogens is 1. The molecular formula is C29H36N6O2. The van der Waals surface area contributed by atoms with Crippen LogP contribution in [0.4, 0.5) is 0 Å². The standard InChI is InChI=1S/C29H36N6O2/c1-4-27(28-31-32-33-35(28)19-25-9-6-14-37-25)34(13-12-22-8-5-7-20(2)15-22)18-24-17-23-16-21(3)10-11-26(23)30-29(24)36/h5,7-8,10-11,15-17,25,27H,4,6,9,12-14,18-19H2,1-3H3,(H,30,36)/t25-,27+/m0/s1. The Morgan fingerprint density at radius 1 is 1.16 bits per heavy atom. The first-order valence-corrected chi connectivity index (χ1v) is 13.3. The van der Waals surface area contributed by atoms with Crippen LogP contribution < -0.4 is 5.56 Å². The molecule has 0 unspecified atom stereocenters. The van der Waals surface area contributed by atoms with Crippen LogP contribution in [0.1, 0.15) is 60.3 Å². The molecule has 8 nitrogen and oxygen atoms in total. The number of aryl methyl sites for hydroxylation is 2. The molecule has 0 aliphatic carbocycles. The second-order valence-electron chi connectivity index (χ2n) is 10.2. The van der Waals surface area contributed by atoms with E-state index < -0.39 is 0 Å². The van der Waals surface area contributed by atoms with E-state index in [-0.39, 0.29) is 17.7 Å². The third-order valence-electron chi connectivity index (χ3n) is 7.31. The van der Waals surface area contributed by atoms with Crippen LogP contribution in [0.3, 0.4) is 0 Å². The van der Waals surface area contributed by atoms with Gasteiger partial charge in [0, 0.05) is 30.8 Å². The van der Waals surface area contributed by atoms with Crippen molar-refractivity contribution in [2.24, 2.45) is 0 Å². The average Bonchev–Trinajstić information content (AvgIpc) is 3.56. The van der Waals surface area contributed by atoms with Crippen molar-refractivity contribution in [2.45, 2.75) is 71.7 Å².